The minimum atomic E-state index is -0.629. The summed E-state index contributed by atoms with van der Waals surface area (Å²) in [6, 6.07) is 0. The highest BCUT2D eigenvalue weighted by Crippen LogP contribution is 2.21. The van der Waals surface area contributed by atoms with Gasteiger partial charge in [-0.25, -0.2) is 0 Å². The van der Waals surface area contributed by atoms with Crippen molar-refractivity contribution in [1.82, 2.24) is 15.5 Å². The maximum absolute atomic E-state index is 12.3. The minimum Gasteiger partial charge on any atom is -0.322 e. The van der Waals surface area contributed by atoms with E-state index in [4.69, 9.17) is 0 Å². The zero-order chi connectivity index (χ0) is 12.5. The highest BCUT2D eigenvalue weighted by Gasteiger charge is 2.39. The Bertz CT molecular complexity index is 345. The maximum atomic E-state index is 12.3. The number of piperidine rings is 1. The van der Waals surface area contributed by atoms with Crippen LogP contribution in [0.2, 0.25) is 0 Å². The first-order valence-corrected chi connectivity index (χ1v) is 5.88. The van der Waals surface area contributed by atoms with Crippen molar-refractivity contribution in [2.75, 3.05) is 19.6 Å². The number of carbonyl (C=O) groups excluding carboxylic acids is 3. The van der Waals surface area contributed by atoms with E-state index in [0.29, 0.717) is 0 Å². The third kappa shape index (κ3) is 2.46. The fourth-order valence-electron chi connectivity index (χ4n) is 2.37. The first-order chi connectivity index (χ1) is 8.01. The molecule has 0 aliphatic carbocycles. The Hall–Kier alpha value is -1.43. The summed E-state index contributed by atoms with van der Waals surface area (Å²) in [7, 11) is 0. The molecule has 2 fully saturated rings. The molecule has 2 aliphatic heterocycles. The van der Waals surface area contributed by atoms with Gasteiger partial charge in [0.2, 0.25) is 17.7 Å². The summed E-state index contributed by atoms with van der Waals surface area (Å²) in [4.78, 5) is 36.1. The van der Waals surface area contributed by atoms with E-state index >= 15 is 0 Å². The number of amides is 3. The Labute approximate surface area is 99.7 Å². The summed E-state index contributed by atoms with van der Waals surface area (Å²) < 4.78 is 0. The molecule has 2 saturated heterocycles. The Morgan fingerprint density at radius 3 is 2.41 bits per heavy atom. The van der Waals surface area contributed by atoms with Crippen LogP contribution in [0.25, 0.3) is 0 Å². The predicted octanol–water partition coefficient (Wildman–Crippen LogP) is -0.996. The van der Waals surface area contributed by atoms with E-state index in [0.717, 1.165) is 25.8 Å². The van der Waals surface area contributed by atoms with Crippen molar-refractivity contribution in [3.05, 3.63) is 0 Å². The molecule has 2 N–H and O–H groups in total. The lowest BCUT2D eigenvalue weighted by Gasteiger charge is -2.38. The lowest BCUT2D eigenvalue weighted by atomic mass is 9.89. The molecule has 1 unspecified atom stereocenters. The third-order valence-corrected chi connectivity index (χ3v) is 3.33. The van der Waals surface area contributed by atoms with Gasteiger partial charge in [-0.1, -0.05) is 0 Å². The van der Waals surface area contributed by atoms with Crippen LogP contribution in [-0.2, 0) is 14.4 Å². The SMILES string of the molecule is CC1(C(=O)N2CC(=O)NC(=O)C2)CCCCN1. The van der Waals surface area contributed by atoms with Crippen molar-refractivity contribution in [3.8, 4) is 0 Å². The average molecular weight is 239 g/mol. The van der Waals surface area contributed by atoms with E-state index < -0.39 is 17.4 Å². The second kappa shape index (κ2) is 4.44. The van der Waals surface area contributed by atoms with Crippen molar-refractivity contribution >= 4 is 17.7 Å². The molecule has 0 aromatic carbocycles. The van der Waals surface area contributed by atoms with Gasteiger partial charge in [0, 0.05) is 0 Å². The molecule has 6 heteroatoms. The Kier molecular flexibility index (Phi) is 3.15. The first-order valence-electron chi connectivity index (χ1n) is 5.88. The molecule has 2 heterocycles. The largest absolute Gasteiger partial charge is 0.322 e. The molecule has 0 aromatic heterocycles. The second-order valence-corrected chi connectivity index (χ2v) is 4.85. The van der Waals surface area contributed by atoms with Crippen LogP contribution in [-0.4, -0.2) is 47.8 Å². The topological polar surface area (TPSA) is 78.5 Å². The lowest BCUT2D eigenvalue weighted by molar-refractivity contribution is -0.149. The molecule has 94 valence electrons. The summed E-state index contributed by atoms with van der Waals surface area (Å²) in [6.07, 6.45) is 2.80. The molecule has 2 aliphatic rings. The van der Waals surface area contributed by atoms with Crippen molar-refractivity contribution in [2.45, 2.75) is 31.7 Å². The van der Waals surface area contributed by atoms with Gasteiger partial charge < -0.3 is 10.2 Å². The van der Waals surface area contributed by atoms with Gasteiger partial charge in [-0.05, 0) is 32.7 Å². The minimum absolute atomic E-state index is 0.0259. The summed E-state index contributed by atoms with van der Waals surface area (Å²) in [5, 5.41) is 5.38. The number of piperazine rings is 1. The fourth-order valence-corrected chi connectivity index (χ4v) is 2.37. The van der Waals surface area contributed by atoms with Gasteiger partial charge in [0.25, 0.3) is 0 Å². The monoisotopic (exact) mass is 239 g/mol. The van der Waals surface area contributed by atoms with E-state index in [-0.39, 0.29) is 19.0 Å². The zero-order valence-corrected chi connectivity index (χ0v) is 9.91. The molecule has 0 aromatic rings. The van der Waals surface area contributed by atoms with Gasteiger partial charge in [-0.2, -0.15) is 0 Å². The van der Waals surface area contributed by atoms with Crippen molar-refractivity contribution in [1.29, 1.82) is 0 Å². The van der Waals surface area contributed by atoms with Gasteiger partial charge in [0.1, 0.15) is 13.1 Å². The van der Waals surface area contributed by atoms with Gasteiger partial charge in [-0.3, -0.25) is 19.7 Å². The number of hydrogen-bond acceptors (Lipinski definition) is 4. The van der Waals surface area contributed by atoms with Gasteiger partial charge in [0.05, 0.1) is 5.54 Å². The summed E-state index contributed by atoms with van der Waals surface area (Å²) in [5.74, 6) is -0.969. The molecule has 0 spiro atoms. The average Bonchev–Trinajstić information content (AvgIpc) is 2.27. The van der Waals surface area contributed by atoms with Crippen LogP contribution in [0.4, 0.5) is 0 Å². The molecule has 3 amide bonds. The van der Waals surface area contributed by atoms with Gasteiger partial charge in [-0.15, -0.1) is 0 Å². The standard InChI is InChI=1S/C11H17N3O3/c1-11(4-2-3-5-12-11)10(17)14-6-8(15)13-9(16)7-14/h12H,2-7H2,1H3,(H,13,15,16). The normalized spacial score (nSPS) is 30.1. The van der Waals surface area contributed by atoms with Gasteiger partial charge >= 0.3 is 0 Å². The highest BCUT2D eigenvalue weighted by molar-refractivity contribution is 6.03. The fraction of sp³-hybridized carbons (Fsp3) is 0.727. The van der Waals surface area contributed by atoms with Crippen LogP contribution in [0.3, 0.4) is 0 Å². The first kappa shape index (κ1) is 12.0. The number of nitrogens with zero attached hydrogens (tertiary/aromatic N) is 1. The van der Waals surface area contributed by atoms with Crippen molar-refractivity contribution in [3.63, 3.8) is 0 Å². The van der Waals surface area contributed by atoms with E-state index in [2.05, 4.69) is 10.6 Å². The second-order valence-electron chi connectivity index (χ2n) is 4.85. The van der Waals surface area contributed by atoms with Crippen molar-refractivity contribution in [2.24, 2.45) is 0 Å². The summed E-state index contributed by atoms with van der Waals surface area (Å²) >= 11 is 0. The highest BCUT2D eigenvalue weighted by atomic mass is 16.2. The molecule has 6 nitrogen and oxygen atoms in total. The third-order valence-electron chi connectivity index (χ3n) is 3.33. The molecule has 17 heavy (non-hydrogen) atoms. The molecule has 2 rings (SSSR count). The molecule has 0 radical (unpaired) electrons. The van der Waals surface area contributed by atoms with Crippen LogP contribution in [0.5, 0.6) is 0 Å². The molecule has 0 bridgehead atoms. The van der Waals surface area contributed by atoms with E-state index in [1.165, 1.54) is 4.90 Å². The smallest absolute Gasteiger partial charge is 0.246 e. The van der Waals surface area contributed by atoms with Crippen LogP contribution in [0, 0.1) is 0 Å². The number of carbonyl (C=O) groups is 3. The number of nitrogens with one attached hydrogen (secondary N) is 2. The molecule has 1 atom stereocenters. The van der Waals surface area contributed by atoms with Crippen LogP contribution in [0.15, 0.2) is 0 Å². The maximum Gasteiger partial charge on any atom is 0.246 e. The van der Waals surface area contributed by atoms with E-state index in [1.54, 1.807) is 0 Å². The Morgan fingerprint density at radius 2 is 1.88 bits per heavy atom. The molecule has 0 saturated carbocycles. The summed E-state index contributed by atoms with van der Waals surface area (Å²) in [5.41, 5.74) is -0.629. The van der Waals surface area contributed by atoms with Crippen LogP contribution >= 0.6 is 0 Å². The number of rotatable bonds is 1. The number of hydrogen-bond donors (Lipinski definition) is 2. The molecular weight excluding hydrogens is 222 g/mol. The lowest BCUT2D eigenvalue weighted by Crippen LogP contribution is -2.62. The predicted molar refractivity (Wildman–Crippen MR) is 60.0 cm³/mol. The summed E-state index contributed by atoms with van der Waals surface area (Å²) in [6.45, 7) is 2.59. The van der Waals surface area contributed by atoms with E-state index in [1.807, 2.05) is 6.92 Å². The molecular formula is C11H17N3O3. The zero-order valence-electron chi connectivity index (χ0n) is 9.91. The Balaban J connectivity index is 2.08. The van der Waals surface area contributed by atoms with Gasteiger partial charge in [0.15, 0.2) is 0 Å². The van der Waals surface area contributed by atoms with Crippen molar-refractivity contribution < 1.29 is 14.4 Å². The quantitative estimate of drug-likeness (QED) is 0.576. The van der Waals surface area contributed by atoms with Crippen LogP contribution < -0.4 is 10.6 Å². The Morgan fingerprint density at radius 1 is 1.24 bits per heavy atom. The van der Waals surface area contributed by atoms with E-state index in [9.17, 15) is 14.4 Å². The van der Waals surface area contributed by atoms with Crippen LogP contribution in [0.1, 0.15) is 26.2 Å². The number of imide groups is 1.